The molecule has 114 valence electrons. The average Bonchev–Trinajstić information content (AvgIpc) is 2.49. The van der Waals surface area contributed by atoms with E-state index in [1.165, 1.54) is 31.2 Å². The highest BCUT2D eigenvalue weighted by molar-refractivity contribution is 5.14. The molecule has 0 saturated heterocycles. The van der Waals surface area contributed by atoms with Crippen LogP contribution in [0.2, 0.25) is 0 Å². The smallest absolute Gasteiger partial charge is 0.0465 e. The number of nitrogens with one attached hydrogen (secondary N) is 1. The number of hydrogen-bond donors (Lipinski definition) is 1. The molecular weight excluding hydrogens is 246 g/mol. The van der Waals surface area contributed by atoms with E-state index in [4.69, 9.17) is 4.74 Å². The molecule has 0 amide bonds. The molecule has 0 heterocycles. The minimum Gasteiger partial charge on any atom is -0.385 e. The first-order valence-corrected chi connectivity index (χ1v) is 8.04. The highest BCUT2D eigenvalue weighted by Crippen LogP contribution is 2.15. The number of hydrogen-bond acceptors (Lipinski definition) is 2. The molecule has 2 nitrogen and oxygen atoms in total. The Morgan fingerprint density at radius 2 is 1.90 bits per heavy atom. The molecule has 1 rings (SSSR count). The van der Waals surface area contributed by atoms with Gasteiger partial charge in [0.1, 0.15) is 0 Å². The van der Waals surface area contributed by atoms with Crippen molar-refractivity contribution < 1.29 is 4.74 Å². The standard InChI is InChI=1S/C18H31NO/c1-4-14-19-18(16(2)13-15-20-3)12-8-11-17-9-6-5-7-10-17/h5-7,9-10,16,18-19H,4,8,11-15H2,1-3H3. The van der Waals surface area contributed by atoms with E-state index < -0.39 is 0 Å². The molecule has 0 spiro atoms. The predicted octanol–water partition coefficient (Wildman–Crippen LogP) is 4.05. The van der Waals surface area contributed by atoms with Gasteiger partial charge in [0.25, 0.3) is 0 Å². The van der Waals surface area contributed by atoms with Crippen LogP contribution >= 0.6 is 0 Å². The zero-order valence-electron chi connectivity index (χ0n) is 13.4. The molecule has 2 unspecified atom stereocenters. The van der Waals surface area contributed by atoms with Crippen molar-refractivity contribution in [3.05, 3.63) is 35.9 Å². The fourth-order valence-corrected chi connectivity index (χ4v) is 2.59. The quantitative estimate of drug-likeness (QED) is 0.659. The fourth-order valence-electron chi connectivity index (χ4n) is 2.59. The van der Waals surface area contributed by atoms with Crippen LogP contribution in [0.5, 0.6) is 0 Å². The second-order valence-corrected chi connectivity index (χ2v) is 5.70. The summed E-state index contributed by atoms with van der Waals surface area (Å²) in [5.74, 6) is 0.678. The van der Waals surface area contributed by atoms with Gasteiger partial charge in [0.15, 0.2) is 0 Å². The van der Waals surface area contributed by atoms with Gasteiger partial charge in [-0.2, -0.15) is 0 Å². The summed E-state index contributed by atoms with van der Waals surface area (Å²) in [7, 11) is 1.79. The van der Waals surface area contributed by atoms with E-state index in [-0.39, 0.29) is 0 Å². The summed E-state index contributed by atoms with van der Waals surface area (Å²) in [6.45, 7) is 6.56. The van der Waals surface area contributed by atoms with Crippen molar-refractivity contribution >= 4 is 0 Å². The van der Waals surface area contributed by atoms with Crippen LogP contribution in [0.3, 0.4) is 0 Å². The molecule has 0 fully saturated rings. The third-order valence-electron chi connectivity index (χ3n) is 3.94. The maximum Gasteiger partial charge on any atom is 0.0465 e. The predicted molar refractivity (Wildman–Crippen MR) is 87.1 cm³/mol. The Balaban J connectivity index is 2.35. The molecule has 0 bridgehead atoms. The van der Waals surface area contributed by atoms with Crippen LogP contribution in [-0.2, 0) is 11.2 Å². The minimum absolute atomic E-state index is 0.619. The van der Waals surface area contributed by atoms with Crippen molar-refractivity contribution in [2.75, 3.05) is 20.3 Å². The third kappa shape index (κ3) is 7.06. The highest BCUT2D eigenvalue weighted by atomic mass is 16.5. The van der Waals surface area contributed by atoms with Crippen LogP contribution in [0.4, 0.5) is 0 Å². The van der Waals surface area contributed by atoms with Crippen molar-refractivity contribution in [3.8, 4) is 0 Å². The molecule has 20 heavy (non-hydrogen) atoms. The first-order chi connectivity index (χ1) is 9.77. The van der Waals surface area contributed by atoms with Gasteiger partial charge in [-0.1, -0.05) is 44.2 Å². The Morgan fingerprint density at radius 3 is 2.55 bits per heavy atom. The van der Waals surface area contributed by atoms with Crippen LogP contribution in [0, 0.1) is 5.92 Å². The summed E-state index contributed by atoms with van der Waals surface area (Å²) >= 11 is 0. The molecule has 0 aliphatic rings. The zero-order chi connectivity index (χ0) is 14.6. The van der Waals surface area contributed by atoms with Crippen LogP contribution in [0.15, 0.2) is 30.3 Å². The molecular formula is C18H31NO. The van der Waals surface area contributed by atoms with Gasteiger partial charge in [-0.3, -0.25) is 0 Å². The second-order valence-electron chi connectivity index (χ2n) is 5.70. The van der Waals surface area contributed by atoms with E-state index in [2.05, 4.69) is 49.5 Å². The van der Waals surface area contributed by atoms with Crippen LogP contribution in [-0.4, -0.2) is 26.3 Å². The Labute approximate surface area is 124 Å². The lowest BCUT2D eigenvalue weighted by Crippen LogP contribution is -2.36. The Morgan fingerprint density at radius 1 is 1.15 bits per heavy atom. The number of rotatable bonds is 11. The number of aryl methyl sites for hydroxylation is 1. The molecule has 1 aromatic carbocycles. The van der Waals surface area contributed by atoms with Crippen molar-refractivity contribution in [3.63, 3.8) is 0 Å². The van der Waals surface area contributed by atoms with Crippen LogP contribution in [0.1, 0.15) is 45.1 Å². The maximum absolute atomic E-state index is 5.21. The SMILES string of the molecule is CCCNC(CCCc1ccccc1)C(C)CCOC. The first kappa shape index (κ1) is 17.2. The number of ether oxygens (including phenoxy) is 1. The van der Waals surface area contributed by atoms with Crippen molar-refractivity contribution in [1.29, 1.82) is 0 Å². The van der Waals surface area contributed by atoms with E-state index in [1.54, 1.807) is 7.11 Å². The van der Waals surface area contributed by atoms with Crippen LogP contribution in [0.25, 0.3) is 0 Å². The molecule has 0 aromatic heterocycles. The average molecular weight is 277 g/mol. The molecule has 0 aliphatic carbocycles. The summed E-state index contributed by atoms with van der Waals surface area (Å²) in [4.78, 5) is 0. The summed E-state index contributed by atoms with van der Waals surface area (Å²) < 4.78 is 5.21. The molecule has 1 aromatic rings. The molecule has 0 radical (unpaired) electrons. The van der Waals surface area contributed by atoms with Crippen molar-refractivity contribution in [1.82, 2.24) is 5.32 Å². The maximum atomic E-state index is 5.21. The normalized spacial score (nSPS) is 14.2. The van der Waals surface area contributed by atoms with E-state index >= 15 is 0 Å². The topological polar surface area (TPSA) is 21.3 Å². The lowest BCUT2D eigenvalue weighted by Gasteiger charge is -2.25. The highest BCUT2D eigenvalue weighted by Gasteiger charge is 2.15. The van der Waals surface area contributed by atoms with Crippen molar-refractivity contribution in [2.45, 2.75) is 52.0 Å². The molecule has 2 atom stereocenters. The van der Waals surface area contributed by atoms with Crippen molar-refractivity contribution in [2.24, 2.45) is 5.92 Å². The fraction of sp³-hybridized carbons (Fsp3) is 0.667. The van der Waals surface area contributed by atoms with E-state index in [9.17, 15) is 0 Å². The Bertz CT molecular complexity index is 325. The molecule has 1 N–H and O–H groups in total. The molecule has 0 aliphatic heterocycles. The lowest BCUT2D eigenvalue weighted by atomic mass is 9.93. The monoisotopic (exact) mass is 277 g/mol. The summed E-state index contributed by atoms with van der Waals surface area (Å²) in [5.41, 5.74) is 1.45. The summed E-state index contributed by atoms with van der Waals surface area (Å²) in [5, 5.41) is 3.71. The number of methoxy groups -OCH3 is 1. The van der Waals surface area contributed by atoms with E-state index in [0.29, 0.717) is 12.0 Å². The Hall–Kier alpha value is -0.860. The number of benzene rings is 1. The van der Waals surface area contributed by atoms with Gasteiger partial charge < -0.3 is 10.1 Å². The molecule has 0 saturated carbocycles. The van der Waals surface area contributed by atoms with Gasteiger partial charge in [-0.25, -0.2) is 0 Å². The van der Waals surface area contributed by atoms with E-state index in [0.717, 1.165) is 19.6 Å². The zero-order valence-corrected chi connectivity index (χ0v) is 13.4. The van der Waals surface area contributed by atoms with Gasteiger partial charge in [-0.15, -0.1) is 0 Å². The Kier molecular flexibility index (Phi) is 9.35. The summed E-state index contributed by atoms with van der Waals surface area (Å²) in [6.07, 6.45) is 6.03. The van der Waals surface area contributed by atoms with Gasteiger partial charge >= 0.3 is 0 Å². The molecule has 2 heteroatoms. The van der Waals surface area contributed by atoms with Gasteiger partial charge in [0, 0.05) is 19.8 Å². The van der Waals surface area contributed by atoms with Gasteiger partial charge in [0.2, 0.25) is 0 Å². The van der Waals surface area contributed by atoms with Gasteiger partial charge in [0.05, 0.1) is 0 Å². The summed E-state index contributed by atoms with van der Waals surface area (Å²) in [6, 6.07) is 11.4. The minimum atomic E-state index is 0.619. The van der Waals surface area contributed by atoms with E-state index in [1.807, 2.05) is 0 Å². The largest absolute Gasteiger partial charge is 0.385 e. The third-order valence-corrected chi connectivity index (χ3v) is 3.94. The lowest BCUT2D eigenvalue weighted by molar-refractivity contribution is 0.168. The van der Waals surface area contributed by atoms with Gasteiger partial charge in [-0.05, 0) is 50.1 Å². The second kappa shape index (κ2) is 10.9. The first-order valence-electron chi connectivity index (χ1n) is 8.04. The van der Waals surface area contributed by atoms with Crippen LogP contribution < -0.4 is 5.32 Å².